The number of nitro groups is 1. The third kappa shape index (κ3) is 5.12. The van der Waals surface area contributed by atoms with Crippen LogP contribution in [0.15, 0.2) is 58.4 Å². The number of amides is 2. The Morgan fingerprint density at radius 2 is 1.97 bits per heavy atom. The van der Waals surface area contributed by atoms with Crippen LogP contribution < -0.4 is 0 Å². The average molecular weight is 467 g/mol. The number of likely N-dealkylation sites (N-methyl/N-ethyl adjacent to an activating group) is 1. The van der Waals surface area contributed by atoms with E-state index in [1.807, 2.05) is 6.92 Å². The maximum atomic E-state index is 12.9. The number of benzene rings is 2. The van der Waals surface area contributed by atoms with Gasteiger partial charge in [0.05, 0.1) is 28.7 Å². The fourth-order valence-electron chi connectivity index (χ4n) is 3.52. The summed E-state index contributed by atoms with van der Waals surface area (Å²) in [7, 11) is 0. The number of amidine groups is 1. The van der Waals surface area contributed by atoms with Gasteiger partial charge in [-0.1, -0.05) is 18.2 Å². The number of carbonyl (C=O) groups excluding carboxylic acids is 2. The number of thioether (sulfide) groups is 1. The van der Waals surface area contributed by atoms with Gasteiger partial charge < -0.3 is 9.64 Å². The van der Waals surface area contributed by atoms with E-state index >= 15 is 0 Å². The molecule has 2 saturated heterocycles. The molecule has 9 nitrogen and oxygen atoms in total. The fourth-order valence-corrected chi connectivity index (χ4v) is 4.58. The lowest BCUT2D eigenvalue weighted by atomic mass is 10.1. The number of nitro benzene ring substituents is 1. The highest BCUT2D eigenvalue weighted by atomic mass is 32.2. The van der Waals surface area contributed by atoms with Crippen molar-refractivity contribution in [1.82, 2.24) is 9.80 Å². The molecule has 0 spiro atoms. The van der Waals surface area contributed by atoms with Crippen LogP contribution in [0.25, 0.3) is 6.08 Å². The number of carbonyl (C=O) groups is 2. The molecule has 0 aromatic heterocycles. The molecule has 2 fully saturated rings. The molecule has 2 aromatic rings. The highest BCUT2D eigenvalue weighted by molar-refractivity contribution is 8.18. The number of aliphatic imine (C=N–C) groups is 1. The summed E-state index contributed by atoms with van der Waals surface area (Å²) in [5.74, 6) is -0.289. The van der Waals surface area contributed by atoms with E-state index in [4.69, 9.17) is 4.74 Å². The van der Waals surface area contributed by atoms with Gasteiger partial charge in [-0.25, -0.2) is 4.99 Å². The van der Waals surface area contributed by atoms with E-state index in [1.165, 1.54) is 23.9 Å². The van der Waals surface area contributed by atoms with Gasteiger partial charge >= 0.3 is 0 Å². The summed E-state index contributed by atoms with van der Waals surface area (Å²) >= 11 is 1.20. The zero-order valence-electron chi connectivity index (χ0n) is 18.0. The quantitative estimate of drug-likeness (QED) is 0.378. The molecule has 2 aliphatic heterocycles. The van der Waals surface area contributed by atoms with Crippen LogP contribution in [-0.2, 0) is 9.53 Å². The van der Waals surface area contributed by atoms with E-state index in [0.29, 0.717) is 59.7 Å². The third-order valence-corrected chi connectivity index (χ3v) is 6.21. The first-order valence-electron chi connectivity index (χ1n) is 10.5. The van der Waals surface area contributed by atoms with Crippen LogP contribution in [0.4, 0.5) is 11.4 Å². The number of rotatable bonds is 5. The summed E-state index contributed by atoms with van der Waals surface area (Å²) in [6.07, 6.45) is 1.63. The molecule has 170 valence electrons. The second kappa shape index (κ2) is 9.97. The average Bonchev–Trinajstić information content (AvgIpc) is 3.12. The first-order chi connectivity index (χ1) is 16.0. The minimum absolute atomic E-state index is 0.0391. The summed E-state index contributed by atoms with van der Waals surface area (Å²) in [4.78, 5) is 44.6. The van der Waals surface area contributed by atoms with Gasteiger partial charge in [0.15, 0.2) is 5.17 Å². The van der Waals surface area contributed by atoms with Crippen molar-refractivity contribution < 1.29 is 19.2 Å². The van der Waals surface area contributed by atoms with E-state index in [2.05, 4.69) is 4.99 Å². The van der Waals surface area contributed by atoms with Crippen molar-refractivity contribution >= 4 is 46.2 Å². The molecule has 2 aliphatic rings. The molecule has 0 saturated carbocycles. The van der Waals surface area contributed by atoms with E-state index in [1.54, 1.807) is 52.3 Å². The Labute approximate surface area is 194 Å². The molecular formula is C23H22N4O5S. The van der Waals surface area contributed by atoms with E-state index < -0.39 is 4.92 Å². The number of ether oxygens (including phenoxy) is 1. The molecule has 0 radical (unpaired) electrons. The summed E-state index contributed by atoms with van der Waals surface area (Å²) < 4.78 is 5.31. The third-order valence-electron chi connectivity index (χ3n) is 5.20. The van der Waals surface area contributed by atoms with Gasteiger partial charge in [0.25, 0.3) is 17.5 Å². The van der Waals surface area contributed by atoms with Gasteiger partial charge in [-0.3, -0.25) is 24.6 Å². The smallest absolute Gasteiger partial charge is 0.270 e. The van der Waals surface area contributed by atoms with Crippen LogP contribution in [0.2, 0.25) is 0 Å². The van der Waals surface area contributed by atoms with Crippen LogP contribution in [0.1, 0.15) is 22.8 Å². The number of hydrogen-bond donors (Lipinski definition) is 0. The number of nitrogens with zero attached hydrogens (tertiary/aromatic N) is 4. The molecule has 2 amide bonds. The molecule has 0 bridgehead atoms. The summed E-state index contributed by atoms with van der Waals surface area (Å²) in [6, 6.07) is 13.1. The van der Waals surface area contributed by atoms with E-state index in [-0.39, 0.29) is 17.5 Å². The standard InChI is InChI=1S/C23H22N4O5S/c1-2-26-22(29)20(14-16-5-3-8-19(13-16)27(30)31)33-23(26)24-18-7-4-6-17(15-18)21(28)25-9-11-32-12-10-25/h3-8,13-15H,2,9-12H2,1H3/b20-14+,24-23?. The highest BCUT2D eigenvalue weighted by Gasteiger charge is 2.32. The lowest BCUT2D eigenvalue weighted by Crippen LogP contribution is -2.40. The van der Waals surface area contributed by atoms with Crippen LogP contribution in [0.3, 0.4) is 0 Å². The Balaban J connectivity index is 1.59. The Morgan fingerprint density at radius 1 is 1.21 bits per heavy atom. The lowest BCUT2D eigenvalue weighted by Gasteiger charge is -2.26. The molecule has 4 rings (SSSR count). The fraction of sp³-hybridized carbons (Fsp3) is 0.261. The number of non-ortho nitro benzene ring substituents is 1. The van der Waals surface area contributed by atoms with Crippen molar-refractivity contribution in [2.24, 2.45) is 4.99 Å². The zero-order chi connectivity index (χ0) is 23.4. The maximum absolute atomic E-state index is 12.9. The van der Waals surface area contributed by atoms with Crippen molar-refractivity contribution in [3.63, 3.8) is 0 Å². The predicted octanol–water partition coefficient (Wildman–Crippen LogP) is 3.69. The SMILES string of the molecule is CCN1C(=O)/C(=C\c2cccc([N+](=O)[O-])c2)SC1=Nc1cccc(C(=O)N2CCOCC2)c1. The molecule has 0 unspecified atom stereocenters. The van der Waals surface area contributed by atoms with Crippen molar-refractivity contribution in [2.45, 2.75) is 6.92 Å². The van der Waals surface area contributed by atoms with Gasteiger partial charge in [0.1, 0.15) is 0 Å². The summed E-state index contributed by atoms with van der Waals surface area (Å²) in [6.45, 7) is 4.43. The molecule has 33 heavy (non-hydrogen) atoms. The van der Waals surface area contributed by atoms with Gasteiger partial charge in [0.2, 0.25) is 0 Å². The Morgan fingerprint density at radius 3 is 2.70 bits per heavy atom. The zero-order valence-corrected chi connectivity index (χ0v) is 18.8. The van der Waals surface area contributed by atoms with Gasteiger partial charge in [-0.15, -0.1) is 0 Å². The van der Waals surface area contributed by atoms with Crippen LogP contribution in [-0.4, -0.2) is 64.6 Å². The summed E-state index contributed by atoms with van der Waals surface area (Å²) in [5.41, 5.74) is 1.63. The maximum Gasteiger partial charge on any atom is 0.270 e. The molecule has 10 heteroatoms. The van der Waals surface area contributed by atoms with Gasteiger partial charge in [-0.2, -0.15) is 0 Å². The second-order valence-electron chi connectivity index (χ2n) is 7.36. The van der Waals surface area contributed by atoms with Gasteiger partial charge in [0, 0.05) is 37.3 Å². The molecular weight excluding hydrogens is 444 g/mol. The van der Waals surface area contributed by atoms with Crippen molar-refractivity contribution in [2.75, 3.05) is 32.8 Å². The first kappa shape index (κ1) is 22.7. The molecule has 2 heterocycles. The Kier molecular flexibility index (Phi) is 6.85. The van der Waals surface area contributed by atoms with E-state index in [0.717, 1.165) is 0 Å². The molecule has 0 aliphatic carbocycles. The first-order valence-corrected chi connectivity index (χ1v) is 11.3. The molecule has 0 atom stereocenters. The van der Waals surface area contributed by atoms with E-state index in [9.17, 15) is 19.7 Å². The van der Waals surface area contributed by atoms with Crippen LogP contribution >= 0.6 is 11.8 Å². The molecule has 2 aromatic carbocycles. The predicted molar refractivity (Wildman–Crippen MR) is 126 cm³/mol. The van der Waals surface area contributed by atoms with Crippen molar-refractivity contribution in [1.29, 1.82) is 0 Å². The van der Waals surface area contributed by atoms with Gasteiger partial charge in [-0.05, 0) is 48.5 Å². The Hall–Kier alpha value is -3.50. The lowest BCUT2D eigenvalue weighted by molar-refractivity contribution is -0.384. The monoisotopic (exact) mass is 466 g/mol. The Bertz CT molecular complexity index is 1160. The minimum atomic E-state index is -0.470. The second-order valence-corrected chi connectivity index (χ2v) is 8.37. The van der Waals surface area contributed by atoms with Crippen LogP contribution in [0.5, 0.6) is 0 Å². The highest BCUT2D eigenvalue weighted by Crippen LogP contribution is 2.34. The number of hydrogen-bond acceptors (Lipinski definition) is 7. The number of morpholine rings is 1. The topological polar surface area (TPSA) is 105 Å². The molecule has 0 N–H and O–H groups in total. The largest absolute Gasteiger partial charge is 0.378 e. The van der Waals surface area contributed by atoms with Crippen molar-refractivity contribution in [3.8, 4) is 0 Å². The van der Waals surface area contributed by atoms with Crippen LogP contribution in [0, 0.1) is 10.1 Å². The summed E-state index contributed by atoms with van der Waals surface area (Å²) in [5, 5.41) is 11.5. The minimum Gasteiger partial charge on any atom is -0.378 e. The normalized spacial score (nSPS) is 18.9. The van der Waals surface area contributed by atoms with Crippen molar-refractivity contribution in [3.05, 3.63) is 74.7 Å².